The molecular formula is C22H20N2O6. The van der Waals surface area contributed by atoms with E-state index in [0.29, 0.717) is 22.0 Å². The van der Waals surface area contributed by atoms with Crippen molar-refractivity contribution >= 4 is 28.0 Å². The summed E-state index contributed by atoms with van der Waals surface area (Å²) in [5.41, 5.74) is 1.21. The van der Waals surface area contributed by atoms with Crippen LogP contribution < -0.4 is 11.3 Å². The van der Waals surface area contributed by atoms with E-state index in [4.69, 9.17) is 9.15 Å². The fraction of sp³-hybridized carbons (Fsp3) is 0.227. The monoisotopic (exact) mass is 408 g/mol. The minimum Gasteiger partial charge on any atom is -0.507 e. The van der Waals surface area contributed by atoms with Crippen LogP contribution in [0.5, 0.6) is 5.75 Å². The Morgan fingerprint density at radius 1 is 1.10 bits per heavy atom. The summed E-state index contributed by atoms with van der Waals surface area (Å²) >= 11 is 0. The molecule has 1 atom stereocenters. The van der Waals surface area contributed by atoms with Gasteiger partial charge in [0, 0.05) is 20.0 Å². The number of imidazole rings is 1. The lowest BCUT2D eigenvalue weighted by Crippen LogP contribution is -2.19. The maximum Gasteiger partial charge on any atom is 0.343 e. The number of carbonyl (C=O) groups is 1. The maximum absolute atomic E-state index is 12.8. The number of benzene rings is 2. The third kappa shape index (κ3) is 2.97. The SMILES string of the molecule is COC(=O)C[C@H](c1ccc2c(c1)n(C)c(=O)n2C)c1c(O)c2ccccc2oc1=O. The zero-order valence-electron chi connectivity index (χ0n) is 16.7. The summed E-state index contributed by atoms with van der Waals surface area (Å²) in [6.07, 6.45) is -0.181. The lowest BCUT2D eigenvalue weighted by Gasteiger charge is -2.18. The van der Waals surface area contributed by atoms with Gasteiger partial charge in [-0.15, -0.1) is 0 Å². The number of ether oxygens (including phenoxy) is 1. The molecule has 2 aromatic carbocycles. The summed E-state index contributed by atoms with van der Waals surface area (Å²) in [6.45, 7) is 0. The highest BCUT2D eigenvalue weighted by Gasteiger charge is 2.28. The molecule has 0 aliphatic carbocycles. The fourth-order valence-corrected chi connectivity index (χ4v) is 3.83. The number of hydrogen-bond acceptors (Lipinski definition) is 6. The van der Waals surface area contributed by atoms with Crippen molar-refractivity contribution in [3.05, 3.63) is 74.5 Å². The number of fused-ring (bicyclic) bond motifs is 2. The Kier molecular flexibility index (Phi) is 4.69. The Labute approximate surface area is 170 Å². The molecule has 2 aromatic heterocycles. The van der Waals surface area contributed by atoms with Crippen molar-refractivity contribution in [2.75, 3.05) is 7.11 Å². The average molecular weight is 408 g/mol. The molecule has 0 fully saturated rings. The van der Waals surface area contributed by atoms with E-state index >= 15 is 0 Å². The lowest BCUT2D eigenvalue weighted by molar-refractivity contribution is -0.140. The lowest BCUT2D eigenvalue weighted by atomic mass is 9.88. The van der Waals surface area contributed by atoms with Gasteiger partial charge in [0.2, 0.25) is 0 Å². The van der Waals surface area contributed by atoms with Gasteiger partial charge in [-0.25, -0.2) is 9.59 Å². The van der Waals surface area contributed by atoms with Gasteiger partial charge in [0.25, 0.3) is 0 Å². The summed E-state index contributed by atoms with van der Waals surface area (Å²) in [6, 6.07) is 11.8. The zero-order chi connectivity index (χ0) is 21.6. The van der Waals surface area contributed by atoms with Crippen molar-refractivity contribution in [3.63, 3.8) is 0 Å². The molecule has 0 amide bonds. The molecule has 0 spiro atoms. The van der Waals surface area contributed by atoms with Gasteiger partial charge in [-0.05, 0) is 29.8 Å². The number of esters is 1. The second-order valence-corrected chi connectivity index (χ2v) is 7.13. The first-order valence-electron chi connectivity index (χ1n) is 9.30. The van der Waals surface area contributed by atoms with Crippen molar-refractivity contribution in [2.24, 2.45) is 14.1 Å². The predicted molar refractivity (Wildman–Crippen MR) is 111 cm³/mol. The predicted octanol–water partition coefficient (Wildman–Crippen LogP) is 2.38. The first kappa shape index (κ1) is 19.5. The molecule has 0 aliphatic rings. The van der Waals surface area contributed by atoms with Crippen molar-refractivity contribution in [3.8, 4) is 5.75 Å². The molecule has 0 saturated carbocycles. The number of nitrogens with zero attached hydrogens (tertiary/aromatic N) is 2. The van der Waals surface area contributed by atoms with Crippen LogP contribution in [-0.4, -0.2) is 27.3 Å². The Hall–Kier alpha value is -3.81. The molecule has 30 heavy (non-hydrogen) atoms. The second kappa shape index (κ2) is 7.22. The Balaban J connectivity index is 1.99. The summed E-state index contributed by atoms with van der Waals surface area (Å²) in [4.78, 5) is 37.2. The first-order chi connectivity index (χ1) is 14.3. The van der Waals surface area contributed by atoms with Gasteiger partial charge in [0.15, 0.2) is 0 Å². The molecule has 0 bridgehead atoms. The molecule has 4 rings (SSSR count). The number of methoxy groups -OCH3 is 1. The minimum atomic E-state index is -0.821. The highest BCUT2D eigenvalue weighted by molar-refractivity contribution is 5.85. The van der Waals surface area contributed by atoms with E-state index in [2.05, 4.69) is 0 Å². The summed E-state index contributed by atoms with van der Waals surface area (Å²) < 4.78 is 13.2. The van der Waals surface area contributed by atoms with Crippen LogP contribution >= 0.6 is 0 Å². The topological polar surface area (TPSA) is 104 Å². The van der Waals surface area contributed by atoms with E-state index in [0.717, 1.165) is 0 Å². The normalized spacial score (nSPS) is 12.4. The van der Waals surface area contributed by atoms with Gasteiger partial charge < -0.3 is 14.3 Å². The molecule has 4 aromatic rings. The Morgan fingerprint density at radius 2 is 1.80 bits per heavy atom. The third-order valence-corrected chi connectivity index (χ3v) is 5.47. The van der Waals surface area contributed by atoms with Crippen LogP contribution in [0.2, 0.25) is 0 Å². The van der Waals surface area contributed by atoms with E-state index in [-0.39, 0.29) is 29.0 Å². The van der Waals surface area contributed by atoms with Gasteiger partial charge in [0.1, 0.15) is 11.3 Å². The minimum absolute atomic E-state index is 0.0284. The molecule has 154 valence electrons. The quantitative estimate of drug-likeness (QED) is 0.411. The van der Waals surface area contributed by atoms with Gasteiger partial charge >= 0.3 is 17.3 Å². The van der Waals surface area contributed by atoms with Gasteiger partial charge in [0.05, 0.1) is 35.5 Å². The Bertz CT molecular complexity index is 1410. The van der Waals surface area contributed by atoms with Crippen LogP contribution in [0.3, 0.4) is 0 Å². The number of hydrogen-bond donors (Lipinski definition) is 1. The molecule has 0 unspecified atom stereocenters. The van der Waals surface area contributed by atoms with Gasteiger partial charge in [-0.3, -0.25) is 13.9 Å². The van der Waals surface area contributed by atoms with Crippen molar-refractivity contribution in [1.82, 2.24) is 9.13 Å². The second-order valence-electron chi connectivity index (χ2n) is 7.13. The highest BCUT2D eigenvalue weighted by atomic mass is 16.5. The molecule has 8 heteroatoms. The van der Waals surface area contributed by atoms with E-state index in [1.54, 1.807) is 56.6 Å². The Morgan fingerprint density at radius 3 is 2.53 bits per heavy atom. The summed E-state index contributed by atoms with van der Waals surface area (Å²) in [5.74, 6) is -1.61. The third-order valence-electron chi connectivity index (χ3n) is 5.47. The molecule has 0 aliphatic heterocycles. The van der Waals surface area contributed by atoms with Crippen molar-refractivity contribution < 1.29 is 19.1 Å². The van der Waals surface area contributed by atoms with E-state index in [1.807, 2.05) is 0 Å². The van der Waals surface area contributed by atoms with E-state index < -0.39 is 17.5 Å². The standard InChI is InChI=1S/C22H20N2O6/c1-23-15-9-8-12(10-16(15)24(2)22(23)28)14(11-18(25)29-3)19-20(26)13-6-4-5-7-17(13)30-21(19)27/h4-10,14,26H,11H2,1-3H3/t14-/m1/s1. The number of aromatic nitrogens is 2. The van der Waals surface area contributed by atoms with Crippen molar-refractivity contribution in [1.29, 1.82) is 0 Å². The van der Waals surface area contributed by atoms with Crippen molar-refractivity contribution in [2.45, 2.75) is 12.3 Å². The molecule has 2 heterocycles. The highest BCUT2D eigenvalue weighted by Crippen LogP contribution is 2.37. The number of aryl methyl sites for hydroxylation is 2. The summed E-state index contributed by atoms with van der Waals surface area (Å²) in [7, 11) is 4.57. The molecular weight excluding hydrogens is 388 g/mol. The van der Waals surface area contributed by atoms with Crippen LogP contribution in [0.15, 0.2) is 56.5 Å². The average Bonchev–Trinajstić information content (AvgIpc) is 2.96. The van der Waals surface area contributed by atoms with E-state index in [1.165, 1.54) is 16.2 Å². The number of aromatic hydroxyl groups is 1. The molecule has 0 radical (unpaired) electrons. The smallest absolute Gasteiger partial charge is 0.343 e. The number of rotatable bonds is 4. The van der Waals surface area contributed by atoms with Crippen LogP contribution in [0.4, 0.5) is 0 Å². The number of carbonyl (C=O) groups excluding carboxylic acids is 1. The molecule has 1 N–H and O–H groups in total. The van der Waals surface area contributed by atoms with Crippen LogP contribution in [0, 0.1) is 0 Å². The molecule has 0 saturated heterocycles. The zero-order valence-corrected chi connectivity index (χ0v) is 16.7. The maximum atomic E-state index is 12.8. The molecule has 8 nitrogen and oxygen atoms in total. The first-order valence-corrected chi connectivity index (χ1v) is 9.30. The number of para-hydroxylation sites is 1. The van der Waals surface area contributed by atoms with Gasteiger partial charge in [-0.1, -0.05) is 18.2 Å². The largest absolute Gasteiger partial charge is 0.507 e. The van der Waals surface area contributed by atoms with Crippen LogP contribution in [0.1, 0.15) is 23.5 Å². The fourth-order valence-electron chi connectivity index (χ4n) is 3.83. The van der Waals surface area contributed by atoms with Gasteiger partial charge in [-0.2, -0.15) is 0 Å². The van der Waals surface area contributed by atoms with Crippen LogP contribution in [-0.2, 0) is 23.6 Å². The van der Waals surface area contributed by atoms with E-state index in [9.17, 15) is 19.5 Å². The summed E-state index contributed by atoms with van der Waals surface area (Å²) in [5, 5.41) is 11.3. The van der Waals surface area contributed by atoms with Crippen LogP contribution in [0.25, 0.3) is 22.0 Å².